The maximum Gasteiger partial charge on any atom is 0.262 e. The summed E-state index contributed by atoms with van der Waals surface area (Å²) in [6.07, 6.45) is 3.63. The molecule has 8 nitrogen and oxygen atoms in total. The fourth-order valence-electron chi connectivity index (χ4n) is 4.17. The van der Waals surface area contributed by atoms with Crippen LogP contribution in [0.2, 0.25) is 0 Å². The van der Waals surface area contributed by atoms with Gasteiger partial charge in [0, 0.05) is 38.2 Å². The van der Waals surface area contributed by atoms with Crippen molar-refractivity contribution in [3.8, 4) is 0 Å². The predicted molar refractivity (Wildman–Crippen MR) is 131 cm³/mol. The number of nitrogens with zero attached hydrogens (tertiary/aromatic N) is 2. The third kappa shape index (κ3) is 6.02. The Balaban J connectivity index is 1.38. The summed E-state index contributed by atoms with van der Waals surface area (Å²) in [6, 6.07) is 14.1. The topological polar surface area (TPSA) is 108 Å². The summed E-state index contributed by atoms with van der Waals surface area (Å²) in [7, 11) is -3.80. The molecule has 180 valence electrons. The van der Waals surface area contributed by atoms with Gasteiger partial charge in [-0.2, -0.15) is 0 Å². The molecule has 0 saturated carbocycles. The third-order valence-electron chi connectivity index (χ3n) is 6.12. The number of carbonyl (C=O) groups is 2. The highest BCUT2D eigenvalue weighted by Gasteiger charge is 2.34. The number of hydrogen-bond acceptors (Lipinski definition) is 5. The zero-order valence-electron chi connectivity index (χ0n) is 19.3. The Morgan fingerprint density at radius 1 is 1.12 bits per heavy atom. The first-order valence-electron chi connectivity index (χ1n) is 11.6. The van der Waals surface area contributed by atoms with Gasteiger partial charge >= 0.3 is 0 Å². The molecule has 2 aromatic carbocycles. The lowest BCUT2D eigenvalue weighted by Gasteiger charge is -2.17. The van der Waals surface area contributed by atoms with Crippen LogP contribution in [0.5, 0.6) is 0 Å². The normalized spacial score (nSPS) is 18.9. The molecule has 2 aliphatic heterocycles. The van der Waals surface area contributed by atoms with Crippen LogP contribution in [0.4, 0.5) is 5.69 Å². The van der Waals surface area contributed by atoms with E-state index in [1.165, 1.54) is 12.1 Å². The molecule has 1 saturated heterocycles. The summed E-state index contributed by atoms with van der Waals surface area (Å²) >= 11 is 0. The smallest absolute Gasteiger partial charge is 0.262 e. The molecule has 9 heteroatoms. The summed E-state index contributed by atoms with van der Waals surface area (Å²) in [6.45, 7) is 3.42. The van der Waals surface area contributed by atoms with Crippen molar-refractivity contribution >= 4 is 33.4 Å². The van der Waals surface area contributed by atoms with Crippen molar-refractivity contribution < 1.29 is 18.0 Å². The molecule has 34 heavy (non-hydrogen) atoms. The number of benzene rings is 2. The number of aryl methyl sites for hydroxylation is 1. The average molecular weight is 483 g/mol. The van der Waals surface area contributed by atoms with Crippen LogP contribution in [0.1, 0.15) is 43.2 Å². The quantitative estimate of drug-likeness (QED) is 0.659. The van der Waals surface area contributed by atoms with E-state index in [1.54, 1.807) is 17.0 Å². The maximum atomic E-state index is 12.8. The first-order chi connectivity index (χ1) is 16.3. The number of aliphatic imine (C=N–C) groups is 1. The Bertz CT molecular complexity index is 1190. The van der Waals surface area contributed by atoms with Crippen LogP contribution in [0.15, 0.2) is 58.4 Å². The largest absolute Gasteiger partial charge is 0.338 e. The van der Waals surface area contributed by atoms with Crippen molar-refractivity contribution in [1.29, 1.82) is 0 Å². The Kier molecular flexibility index (Phi) is 7.31. The predicted octanol–water partition coefficient (Wildman–Crippen LogP) is 3.23. The number of hydrogen-bond donors (Lipinski definition) is 2. The highest BCUT2D eigenvalue weighted by Crippen LogP contribution is 2.23. The first-order valence-corrected chi connectivity index (χ1v) is 13.1. The van der Waals surface area contributed by atoms with Crippen LogP contribution < -0.4 is 10.0 Å². The summed E-state index contributed by atoms with van der Waals surface area (Å²) < 4.78 is 28.2. The molecule has 0 unspecified atom stereocenters. The van der Waals surface area contributed by atoms with Crippen LogP contribution >= 0.6 is 0 Å². The van der Waals surface area contributed by atoms with E-state index in [0.717, 1.165) is 30.4 Å². The average Bonchev–Trinajstić information content (AvgIpc) is 2.99. The van der Waals surface area contributed by atoms with Crippen molar-refractivity contribution in [3.05, 3.63) is 59.7 Å². The zero-order valence-corrected chi connectivity index (χ0v) is 20.1. The highest BCUT2D eigenvalue weighted by molar-refractivity contribution is 7.90. The maximum absolute atomic E-state index is 12.8. The number of amides is 2. The van der Waals surface area contributed by atoms with E-state index in [4.69, 9.17) is 0 Å². The lowest BCUT2D eigenvalue weighted by atomic mass is 10.1. The Hall–Kier alpha value is -3.20. The second-order valence-electron chi connectivity index (χ2n) is 8.92. The van der Waals surface area contributed by atoms with Gasteiger partial charge in [-0.15, -0.1) is 0 Å². The number of nitrogens with one attached hydrogen (secondary N) is 2. The number of rotatable bonds is 6. The molecular formula is C25H30N4O4S. The zero-order chi connectivity index (χ0) is 24.1. The van der Waals surface area contributed by atoms with Crippen LogP contribution in [-0.2, 0) is 26.2 Å². The van der Waals surface area contributed by atoms with Crippen molar-refractivity contribution in [3.63, 3.8) is 0 Å². The highest BCUT2D eigenvalue weighted by atomic mass is 32.2. The van der Waals surface area contributed by atoms with Gasteiger partial charge in [0.25, 0.3) is 10.0 Å². The van der Waals surface area contributed by atoms with Gasteiger partial charge in [-0.3, -0.25) is 19.3 Å². The lowest BCUT2D eigenvalue weighted by molar-refractivity contribution is -0.128. The molecule has 2 aromatic rings. The van der Waals surface area contributed by atoms with Crippen molar-refractivity contribution in [2.75, 3.05) is 18.4 Å². The molecular weight excluding hydrogens is 452 g/mol. The van der Waals surface area contributed by atoms with E-state index < -0.39 is 15.9 Å². The van der Waals surface area contributed by atoms with Gasteiger partial charge in [0.2, 0.25) is 11.8 Å². The molecule has 2 heterocycles. The van der Waals surface area contributed by atoms with E-state index in [9.17, 15) is 18.0 Å². The Morgan fingerprint density at radius 3 is 2.71 bits per heavy atom. The fourth-order valence-corrected chi connectivity index (χ4v) is 5.31. The molecule has 0 radical (unpaired) electrons. The second-order valence-corrected chi connectivity index (χ2v) is 10.6. The van der Waals surface area contributed by atoms with E-state index in [1.807, 2.05) is 31.2 Å². The van der Waals surface area contributed by atoms with E-state index in [0.29, 0.717) is 37.6 Å². The summed E-state index contributed by atoms with van der Waals surface area (Å²) in [4.78, 5) is 31.4. The molecule has 4 rings (SSSR count). The molecule has 1 atom stereocenters. The molecule has 2 aliphatic rings. The minimum Gasteiger partial charge on any atom is -0.338 e. The van der Waals surface area contributed by atoms with Gasteiger partial charge < -0.3 is 10.2 Å². The van der Waals surface area contributed by atoms with Crippen LogP contribution in [0.25, 0.3) is 0 Å². The van der Waals surface area contributed by atoms with Crippen LogP contribution in [0, 0.1) is 12.8 Å². The number of anilines is 1. The van der Waals surface area contributed by atoms with Crippen molar-refractivity contribution in [2.24, 2.45) is 10.9 Å². The van der Waals surface area contributed by atoms with E-state index in [2.05, 4.69) is 15.0 Å². The molecule has 0 aliphatic carbocycles. The lowest BCUT2D eigenvalue weighted by Crippen LogP contribution is -2.31. The van der Waals surface area contributed by atoms with Crippen molar-refractivity contribution in [1.82, 2.24) is 9.62 Å². The second kappa shape index (κ2) is 10.4. The number of sulfonamides is 1. The van der Waals surface area contributed by atoms with E-state index >= 15 is 0 Å². The fraction of sp³-hybridized carbons (Fsp3) is 0.400. The molecule has 0 spiro atoms. The van der Waals surface area contributed by atoms with Gasteiger partial charge in [0.1, 0.15) is 5.84 Å². The SMILES string of the molecule is Cc1ccc(CN2C[C@H](C(=O)Nc3cccc(S(=O)(=O)NC4=NCCCCC4)c3)CC2=O)cc1. The number of likely N-dealkylation sites (tertiary alicyclic amines) is 1. The minimum atomic E-state index is -3.80. The van der Waals surface area contributed by atoms with Gasteiger partial charge in [-0.05, 0) is 43.5 Å². The van der Waals surface area contributed by atoms with Gasteiger partial charge in [-0.1, -0.05) is 42.3 Å². The summed E-state index contributed by atoms with van der Waals surface area (Å²) in [5, 5.41) is 2.78. The Labute approximate surface area is 200 Å². The standard InChI is InChI=1S/C25H30N4O4S/c1-18-9-11-19(12-10-18)16-29-17-20(14-24(29)30)25(31)27-21-6-5-7-22(15-21)34(32,33)28-23-8-3-2-4-13-26-23/h5-7,9-12,15,20H,2-4,8,13-14,16-17H2,1H3,(H,26,28)(H,27,31)/t20-/m1/s1. The van der Waals surface area contributed by atoms with Gasteiger partial charge in [-0.25, -0.2) is 8.42 Å². The molecule has 2 amide bonds. The van der Waals surface area contributed by atoms with Crippen LogP contribution in [0.3, 0.4) is 0 Å². The monoisotopic (exact) mass is 482 g/mol. The molecule has 0 bridgehead atoms. The van der Waals surface area contributed by atoms with E-state index in [-0.39, 0.29) is 23.1 Å². The molecule has 0 aromatic heterocycles. The first kappa shape index (κ1) is 23.9. The third-order valence-corrected chi connectivity index (χ3v) is 7.50. The number of amidine groups is 1. The summed E-state index contributed by atoms with van der Waals surface area (Å²) in [5.41, 5.74) is 2.54. The van der Waals surface area contributed by atoms with Crippen molar-refractivity contribution in [2.45, 2.75) is 50.5 Å². The Morgan fingerprint density at radius 2 is 1.91 bits per heavy atom. The van der Waals surface area contributed by atoms with Crippen LogP contribution in [-0.4, -0.2) is 44.1 Å². The minimum absolute atomic E-state index is 0.0562. The summed E-state index contributed by atoms with van der Waals surface area (Å²) in [5.74, 6) is -0.373. The molecule has 2 N–H and O–H groups in total. The molecule has 1 fully saturated rings. The van der Waals surface area contributed by atoms with Gasteiger partial charge in [0.05, 0.1) is 10.8 Å². The number of carbonyl (C=O) groups excluding carboxylic acids is 2. The van der Waals surface area contributed by atoms with Gasteiger partial charge in [0.15, 0.2) is 0 Å².